The number of aromatic nitrogens is 4. The molecule has 0 N–H and O–H groups in total. The zero-order chi connectivity index (χ0) is 15.0. The topological polar surface area (TPSA) is 43.6 Å². The Balaban J connectivity index is 2.14. The van der Waals surface area contributed by atoms with E-state index in [-0.39, 0.29) is 6.04 Å². The molecule has 3 rings (SSSR count). The maximum Gasteiger partial charge on any atom is 0.161 e. The van der Waals surface area contributed by atoms with Crippen LogP contribution in [0.2, 0.25) is 0 Å². The summed E-state index contributed by atoms with van der Waals surface area (Å²) in [6.07, 6.45) is 2.43. The van der Waals surface area contributed by atoms with Gasteiger partial charge in [0.25, 0.3) is 0 Å². The minimum absolute atomic E-state index is 0.285. The summed E-state index contributed by atoms with van der Waals surface area (Å²) in [7, 11) is 0. The molecule has 0 aliphatic rings. The fourth-order valence-electron chi connectivity index (χ4n) is 2.70. The monoisotopic (exact) mass is 280 g/mol. The Labute approximate surface area is 124 Å². The predicted octanol–water partition coefficient (Wildman–Crippen LogP) is 3.61. The maximum atomic E-state index is 4.79. The second kappa shape index (κ2) is 5.28. The molecule has 4 nitrogen and oxygen atoms in total. The first kappa shape index (κ1) is 13.7. The zero-order valence-electron chi connectivity index (χ0n) is 13.0. The van der Waals surface area contributed by atoms with Crippen molar-refractivity contribution in [2.75, 3.05) is 0 Å². The highest BCUT2D eigenvalue weighted by Gasteiger charge is 2.16. The Hall–Kier alpha value is -2.23. The highest BCUT2D eigenvalue weighted by molar-refractivity contribution is 5.81. The van der Waals surface area contributed by atoms with Crippen LogP contribution in [0.1, 0.15) is 42.4 Å². The number of rotatable bonds is 3. The van der Waals surface area contributed by atoms with Gasteiger partial charge in [0.05, 0.1) is 16.8 Å². The Morgan fingerprint density at radius 2 is 1.95 bits per heavy atom. The molecule has 0 fully saturated rings. The van der Waals surface area contributed by atoms with Gasteiger partial charge in [-0.15, -0.1) is 0 Å². The largest absolute Gasteiger partial charge is 0.244 e. The van der Waals surface area contributed by atoms with Crippen LogP contribution in [0.25, 0.3) is 11.0 Å². The fraction of sp³-hybridized carbons (Fsp3) is 0.353. The summed E-state index contributed by atoms with van der Waals surface area (Å²) in [5.41, 5.74) is 5.53. The predicted molar refractivity (Wildman–Crippen MR) is 84.4 cm³/mol. The first-order valence-corrected chi connectivity index (χ1v) is 7.30. The molecule has 2 aromatic heterocycles. The zero-order valence-corrected chi connectivity index (χ0v) is 13.0. The van der Waals surface area contributed by atoms with Crippen molar-refractivity contribution in [3.05, 3.63) is 53.1 Å². The van der Waals surface area contributed by atoms with Crippen LogP contribution in [0.15, 0.2) is 30.6 Å². The lowest BCUT2D eigenvalue weighted by Crippen LogP contribution is -2.04. The van der Waals surface area contributed by atoms with Crippen LogP contribution in [-0.2, 0) is 6.42 Å². The lowest BCUT2D eigenvalue weighted by atomic mass is 10.1. The van der Waals surface area contributed by atoms with E-state index in [4.69, 9.17) is 5.10 Å². The smallest absolute Gasteiger partial charge is 0.161 e. The third-order valence-electron chi connectivity index (χ3n) is 3.69. The van der Waals surface area contributed by atoms with Gasteiger partial charge in [-0.05, 0) is 33.3 Å². The van der Waals surface area contributed by atoms with Gasteiger partial charge >= 0.3 is 0 Å². The van der Waals surface area contributed by atoms with E-state index in [2.05, 4.69) is 55.0 Å². The van der Waals surface area contributed by atoms with E-state index in [1.807, 2.05) is 11.6 Å². The highest BCUT2D eigenvalue weighted by atomic mass is 15.3. The van der Waals surface area contributed by atoms with E-state index in [9.17, 15) is 0 Å². The van der Waals surface area contributed by atoms with Crippen molar-refractivity contribution in [1.29, 1.82) is 0 Å². The number of nitrogens with zero attached hydrogens (tertiary/aromatic N) is 4. The molecule has 2 heterocycles. The molecule has 0 radical (unpaired) electrons. The molecular weight excluding hydrogens is 260 g/mol. The normalized spacial score (nSPS) is 11.5. The van der Waals surface area contributed by atoms with Gasteiger partial charge in [0.15, 0.2) is 5.65 Å². The quantitative estimate of drug-likeness (QED) is 0.736. The van der Waals surface area contributed by atoms with Crippen LogP contribution >= 0.6 is 0 Å². The summed E-state index contributed by atoms with van der Waals surface area (Å²) in [6, 6.07) is 8.84. The van der Waals surface area contributed by atoms with Crippen molar-refractivity contribution in [3.8, 4) is 0 Å². The molecule has 0 bridgehead atoms. The molecule has 21 heavy (non-hydrogen) atoms. The van der Waals surface area contributed by atoms with E-state index >= 15 is 0 Å². The molecule has 0 spiro atoms. The van der Waals surface area contributed by atoms with Crippen molar-refractivity contribution < 1.29 is 0 Å². The number of aryl methyl sites for hydroxylation is 2. The van der Waals surface area contributed by atoms with E-state index in [1.54, 1.807) is 6.33 Å². The van der Waals surface area contributed by atoms with Gasteiger partial charge in [0.1, 0.15) is 6.33 Å². The third kappa shape index (κ3) is 2.53. The molecule has 0 atom stereocenters. The summed E-state index contributed by atoms with van der Waals surface area (Å²) < 4.78 is 2.00. The molecule has 3 aromatic rings. The molecule has 0 saturated heterocycles. The van der Waals surface area contributed by atoms with Crippen molar-refractivity contribution >= 4 is 11.0 Å². The lowest BCUT2D eigenvalue weighted by Gasteiger charge is -2.05. The lowest BCUT2D eigenvalue weighted by molar-refractivity contribution is 0.541. The Bertz CT molecular complexity index is 787. The minimum atomic E-state index is 0.285. The number of hydrogen-bond acceptors (Lipinski definition) is 3. The van der Waals surface area contributed by atoms with Gasteiger partial charge in [0, 0.05) is 12.5 Å². The van der Waals surface area contributed by atoms with Gasteiger partial charge in [0.2, 0.25) is 0 Å². The molecule has 0 unspecified atom stereocenters. The molecule has 0 saturated carbocycles. The van der Waals surface area contributed by atoms with Gasteiger partial charge in [-0.25, -0.2) is 14.6 Å². The number of benzene rings is 1. The Morgan fingerprint density at radius 1 is 1.14 bits per heavy atom. The van der Waals surface area contributed by atoms with Crippen LogP contribution < -0.4 is 0 Å². The molecule has 0 amide bonds. The van der Waals surface area contributed by atoms with Crippen molar-refractivity contribution in [3.63, 3.8) is 0 Å². The van der Waals surface area contributed by atoms with Crippen molar-refractivity contribution in [2.24, 2.45) is 0 Å². The average Bonchev–Trinajstić information content (AvgIpc) is 2.79. The highest BCUT2D eigenvalue weighted by Crippen LogP contribution is 2.24. The summed E-state index contributed by atoms with van der Waals surface area (Å²) in [5, 5.41) is 5.88. The molecule has 1 aromatic carbocycles. The second-order valence-electron chi connectivity index (χ2n) is 5.81. The van der Waals surface area contributed by atoms with E-state index in [0.29, 0.717) is 0 Å². The number of fused-ring (bicyclic) bond motifs is 1. The molecule has 0 aliphatic heterocycles. The van der Waals surface area contributed by atoms with E-state index in [1.165, 1.54) is 11.1 Å². The molecule has 108 valence electrons. The van der Waals surface area contributed by atoms with Crippen LogP contribution in [0.4, 0.5) is 0 Å². The van der Waals surface area contributed by atoms with Crippen LogP contribution in [-0.4, -0.2) is 19.7 Å². The van der Waals surface area contributed by atoms with Crippen LogP contribution in [0.5, 0.6) is 0 Å². The molecule has 4 heteroatoms. The van der Waals surface area contributed by atoms with Gasteiger partial charge in [-0.2, -0.15) is 5.10 Å². The van der Waals surface area contributed by atoms with Gasteiger partial charge in [-0.3, -0.25) is 0 Å². The van der Waals surface area contributed by atoms with Crippen molar-refractivity contribution in [1.82, 2.24) is 19.7 Å². The first-order chi connectivity index (χ1) is 10.1. The summed E-state index contributed by atoms with van der Waals surface area (Å²) >= 11 is 0. The summed E-state index contributed by atoms with van der Waals surface area (Å²) in [4.78, 5) is 8.77. The number of hydrogen-bond donors (Lipinski definition) is 0. The standard InChI is InChI=1S/C17H20N4/c1-11(2)21-17-16(13(4)18-10-19-17)15(20-21)9-14-7-5-6-12(3)8-14/h5-8,10-11H,9H2,1-4H3. The van der Waals surface area contributed by atoms with E-state index in [0.717, 1.165) is 28.8 Å². The average molecular weight is 280 g/mol. The Morgan fingerprint density at radius 3 is 2.67 bits per heavy atom. The van der Waals surface area contributed by atoms with Crippen LogP contribution in [0.3, 0.4) is 0 Å². The summed E-state index contributed by atoms with van der Waals surface area (Å²) in [5.74, 6) is 0. The second-order valence-corrected chi connectivity index (χ2v) is 5.81. The van der Waals surface area contributed by atoms with Gasteiger partial charge in [-0.1, -0.05) is 29.8 Å². The Kier molecular flexibility index (Phi) is 3.45. The SMILES string of the molecule is Cc1cccc(Cc2nn(C(C)C)c3ncnc(C)c23)c1. The molecule has 0 aliphatic carbocycles. The van der Waals surface area contributed by atoms with E-state index < -0.39 is 0 Å². The minimum Gasteiger partial charge on any atom is -0.244 e. The first-order valence-electron chi connectivity index (χ1n) is 7.30. The van der Waals surface area contributed by atoms with Gasteiger partial charge < -0.3 is 0 Å². The summed E-state index contributed by atoms with van der Waals surface area (Å²) in [6.45, 7) is 8.39. The third-order valence-corrected chi connectivity index (χ3v) is 3.69. The van der Waals surface area contributed by atoms with Crippen molar-refractivity contribution in [2.45, 2.75) is 40.2 Å². The maximum absolute atomic E-state index is 4.79. The molecular formula is C17H20N4. The fourth-order valence-corrected chi connectivity index (χ4v) is 2.70. The van der Waals surface area contributed by atoms with Crippen LogP contribution in [0, 0.1) is 13.8 Å².